The third kappa shape index (κ3) is 5.10. The Hall–Kier alpha value is -2.62. The summed E-state index contributed by atoms with van der Waals surface area (Å²) in [5.41, 5.74) is 3.74. The quantitative estimate of drug-likeness (QED) is 0.540. The number of nitrogens with zero attached hydrogens (tertiary/aromatic N) is 2. The molecule has 0 saturated carbocycles. The molecule has 0 aliphatic carbocycles. The molecule has 1 amide bonds. The Labute approximate surface area is 180 Å². The number of carbonyl (C=O) groups is 1. The van der Waals surface area contributed by atoms with E-state index in [1.54, 1.807) is 13.8 Å². The third-order valence-corrected chi connectivity index (χ3v) is 7.16. The Morgan fingerprint density at radius 2 is 1.73 bits per heavy atom. The van der Waals surface area contributed by atoms with Crippen LogP contribution in [-0.2, 0) is 14.8 Å². The minimum atomic E-state index is -3.97. The van der Waals surface area contributed by atoms with Gasteiger partial charge in [0.05, 0.1) is 6.04 Å². The number of sulfonamides is 1. The van der Waals surface area contributed by atoms with Crippen LogP contribution in [0.1, 0.15) is 42.1 Å². The summed E-state index contributed by atoms with van der Waals surface area (Å²) in [7, 11) is -3.97. The summed E-state index contributed by atoms with van der Waals surface area (Å²) in [6.07, 6.45) is 0. The molecule has 9 heteroatoms. The van der Waals surface area contributed by atoms with E-state index in [4.69, 9.17) is 0 Å². The van der Waals surface area contributed by atoms with Gasteiger partial charge in [-0.3, -0.25) is 4.79 Å². The van der Waals surface area contributed by atoms with Crippen LogP contribution in [0.5, 0.6) is 0 Å². The van der Waals surface area contributed by atoms with Gasteiger partial charge in [-0.05, 0) is 30.5 Å². The lowest BCUT2D eigenvalue weighted by Crippen LogP contribution is -2.30. The Kier molecular flexibility index (Phi) is 6.64. The van der Waals surface area contributed by atoms with Crippen LogP contribution >= 0.6 is 11.3 Å². The van der Waals surface area contributed by atoms with E-state index in [9.17, 15) is 13.2 Å². The summed E-state index contributed by atoms with van der Waals surface area (Å²) in [6.45, 7) is 7.43. The van der Waals surface area contributed by atoms with Crippen LogP contribution in [0.25, 0.3) is 0 Å². The number of hydrogen-bond acceptors (Lipinski definition) is 6. The Morgan fingerprint density at radius 3 is 2.37 bits per heavy atom. The number of hydrogen-bond donors (Lipinski definition) is 2. The monoisotopic (exact) mass is 444 g/mol. The topological polar surface area (TPSA) is 101 Å². The molecular weight excluding hydrogens is 420 g/mol. The highest BCUT2D eigenvalue weighted by molar-refractivity contribution is 7.91. The second-order valence-corrected chi connectivity index (χ2v) is 10.2. The fraction of sp³-hybridized carbons (Fsp3) is 0.286. The van der Waals surface area contributed by atoms with Crippen LogP contribution in [-0.4, -0.2) is 24.5 Å². The van der Waals surface area contributed by atoms with E-state index in [0.29, 0.717) is 0 Å². The molecule has 2 N–H and O–H groups in total. The number of anilines is 1. The molecule has 0 aliphatic heterocycles. The Bertz CT molecular complexity index is 1140. The first-order valence-corrected chi connectivity index (χ1v) is 11.8. The number of amides is 1. The molecule has 2 aromatic carbocycles. The van der Waals surface area contributed by atoms with E-state index in [1.165, 1.54) is 0 Å². The van der Waals surface area contributed by atoms with Crippen molar-refractivity contribution in [3.8, 4) is 0 Å². The van der Waals surface area contributed by atoms with Crippen molar-refractivity contribution in [2.75, 3.05) is 5.32 Å². The number of rotatable bonds is 7. The molecule has 0 radical (unpaired) electrons. The van der Waals surface area contributed by atoms with Gasteiger partial charge in [-0.15, -0.1) is 10.2 Å². The van der Waals surface area contributed by atoms with Crippen molar-refractivity contribution >= 4 is 32.4 Å². The molecule has 0 spiro atoms. The summed E-state index contributed by atoms with van der Waals surface area (Å²) in [4.78, 5) is 11.8. The third-order valence-electron chi connectivity index (χ3n) is 4.53. The average molecular weight is 445 g/mol. The average Bonchev–Trinajstić information content (AvgIpc) is 3.17. The maximum Gasteiger partial charge on any atom is 0.270 e. The smallest absolute Gasteiger partial charge is 0.270 e. The summed E-state index contributed by atoms with van der Waals surface area (Å²) >= 11 is 0.820. The molecule has 30 heavy (non-hydrogen) atoms. The first-order valence-electron chi connectivity index (χ1n) is 9.46. The first kappa shape index (κ1) is 22.1. The maximum atomic E-state index is 13.1. The van der Waals surface area contributed by atoms with Gasteiger partial charge >= 0.3 is 0 Å². The summed E-state index contributed by atoms with van der Waals surface area (Å²) < 4.78 is 28.7. The van der Waals surface area contributed by atoms with Gasteiger partial charge in [-0.1, -0.05) is 79.3 Å². The fourth-order valence-electron chi connectivity index (χ4n) is 2.93. The largest absolute Gasteiger partial charge is 0.300 e. The zero-order valence-corrected chi connectivity index (χ0v) is 18.8. The van der Waals surface area contributed by atoms with Crippen LogP contribution < -0.4 is 10.0 Å². The lowest BCUT2D eigenvalue weighted by atomic mass is 9.95. The number of aryl methyl sites for hydroxylation is 2. The van der Waals surface area contributed by atoms with E-state index in [2.05, 4.69) is 20.2 Å². The molecule has 0 saturated heterocycles. The van der Waals surface area contributed by atoms with Gasteiger partial charge in [0.15, 0.2) is 0 Å². The number of carbonyl (C=O) groups excluding carboxylic acids is 1. The van der Waals surface area contributed by atoms with Crippen molar-refractivity contribution in [3.63, 3.8) is 0 Å². The van der Waals surface area contributed by atoms with Gasteiger partial charge in [-0.2, -0.15) is 4.72 Å². The Balaban J connectivity index is 1.94. The van der Waals surface area contributed by atoms with Gasteiger partial charge < -0.3 is 5.32 Å². The molecule has 3 aromatic rings. The predicted molar refractivity (Wildman–Crippen MR) is 118 cm³/mol. The molecule has 3 rings (SSSR count). The van der Waals surface area contributed by atoms with Gasteiger partial charge in [0.2, 0.25) is 15.4 Å². The molecule has 1 atom stereocenters. The van der Waals surface area contributed by atoms with Crippen molar-refractivity contribution in [1.82, 2.24) is 14.9 Å². The highest BCUT2D eigenvalue weighted by atomic mass is 32.2. The van der Waals surface area contributed by atoms with Gasteiger partial charge in [0.25, 0.3) is 10.0 Å². The molecule has 158 valence electrons. The minimum absolute atomic E-state index is 0.150. The molecule has 0 unspecified atom stereocenters. The van der Waals surface area contributed by atoms with Crippen LogP contribution in [0.15, 0.2) is 52.9 Å². The van der Waals surface area contributed by atoms with Crippen molar-refractivity contribution in [2.45, 2.75) is 38.1 Å². The molecule has 0 bridgehead atoms. The van der Waals surface area contributed by atoms with Gasteiger partial charge in [0.1, 0.15) is 0 Å². The Morgan fingerprint density at radius 1 is 1.03 bits per heavy atom. The molecular formula is C21H24N4O3S2. The van der Waals surface area contributed by atoms with Crippen molar-refractivity contribution in [2.24, 2.45) is 5.92 Å². The van der Waals surface area contributed by atoms with Gasteiger partial charge in [0, 0.05) is 5.92 Å². The lowest BCUT2D eigenvalue weighted by Gasteiger charge is -2.21. The minimum Gasteiger partial charge on any atom is -0.300 e. The summed E-state index contributed by atoms with van der Waals surface area (Å²) in [6, 6.07) is 14.7. The first-order chi connectivity index (χ1) is 14.2. The normalized spacial score (nSPS) is 12.7. The molecule has 1 aromatic heterocycles. The van der Waals surface area contributed by atoms with Crippen molar-refractivity contribution in [1.29, 1.82) is 0 Å². The van der Waals surface area contributed by atoms with E-state index < -0.39 is 16.1 Å². The number of nitrogens with one attached hydrogen (secondary N) is 2. The second kappa shape index (κ2) is 9.03. The SMILES string of the molecule is Cc1ccc([C@H](NS(=O)(=O)c2nnc(NC(=O)C(C)C)s2)c2ccccc2)c(C)c1. The fourth-order valence-corrected chi connectivity index (χ4v) is 5.05. The predicted octanol–water partition coefficient (Wildman–Crippen LogP) is 3.82. The lowest BCUT2D eigenvalue weighted by molar-refractivity contribution is -0.118. The highest BCUT2D eigenvalue weighted by Crippen LogP contribution is 2.29. The van der Waals surface area contributed by atoms with E-state index in [1.807, 2.05) is 62.4 Å². The molecule has 0 aliphatic rings. The van der Waals surface area contributed by atoms with Crippen molar-refractivity contribution in [3.05, 3.63) is 70.8 Å². The number of benzene rings is 2. The standard InChI is InChI=1S/C21H24N4O3S2/c1-13(2)19(26)22-20-23-24-21(29-20)30(27,28)25-18(16-8-6-5-7-9-16)17-11-10-14(3)12-15(17)4/h5-13,18,25H,1-4H3,(H,22,23,26)/t18-/m1/s1. The van der Waals surface area contributed by atoms with Crippen LogP contribution in [0.3, 0.4) is 0 Å². The van der Waals surface area contributed by atoms with E-state index in [0.717, 1.165) is 33.6 Å². The molecule has 1 heterocycles. The summed E-state index contributed by atoms with van der Waals surface area (Å²) in [5.74, 6) is -0.500. The van der Waals surface area contributed by atoms with Crippen LogP contribution in [0.2, 0.25) is 0 Å². The maximum absolute atomic E-state index is 13.1. The zero-order valence-electron chi connectivity index (χ0n) is 17.2. The van der Waals surface area contributed by atoms with E-state index in [-0.39, 0.29) is 21.3 Å². The van der Waals surface area contributed by atoms with Crippen LogP contribution in [0.4, 0.5) is 5.13 Å². The molecule has 7 nitrogen and oxygen atoms in total. The van der Waals surface area contributed by atoms with Crippen LogP contribution in [0, 0.1) is 19.8 Å². The van der Waals surface area contributed by atoms with Crippen molar-refractivity contribution < 1.29 is 13.2 Å². The second-order valence-electron chi connectivity index (χ2n) is 7.34. The van der Waals surface area contributed by atoms with Gasteiger partial charge in [-0.25, -0.2) is 8.42 Å². The highest BCUT2D eigenvalue weighted by Gasteiger charge is 2.27. The summed E-state index contributed by atoms with van der Waals surface area (Å²) in [5, 5.41) is 10.3. The number of aromatic nitrogens is 2. The molecule has 0 fully saturated rings. The zero-order chi connectivity index (χ0) is 21.9. The van der Waals surface area contributed by atoms with E-state index >= 15 is 0 Å².